The lowest BCUT2D eigenvalue weighted by atomic mass is 10.4. The van der Waals surface area contributed by atoms with Crippen molar-refractivity contribution < 1.29 is 0 Å². The van der Waals surface area contributed by atoms with Crippen molar-refractivity contribution in [2.45, 2.75) is 0 Å². The van der Waals surface area contributed by atoms with Crippen molar-refractivity contribution in [3.8, 4) is 0 Å². The molecule has 2 rings (SSSR count). The number of hydrogen-bond acceptors (Lipinski definition) is 2. The summed E-state index contributed by atoms with van der Waals surface area (Å²) in [6.45, 7) is 0. The van der Waals surface area contributed by atoms with Crippen LogP contribution in [0.4, 0.5) is 0 Å². The van der Waals surface area contributed by atoms with E-state index in [0.29, 0.717) is 0 Å². The van der Waals surface area contributed by atoms with E-state index in [9.17, 15) is 0 Å². The first-order valence-corrected chi connectivity index (χ1v) is 6.47. The first-order valence-electron chi connectivity index (χ1n) is 5.17. The van der Waals surface area contributed by atoms with Gasteiger partial charge in [0, 0.05) is 15.1 Å². The number of nitrogens with two attached hydrogens (primary N) is 1. The van der Waals surface area contributed by atoms with E-state index in [1.807, 2.05) is 19.2 Å². The maximum atomic E-state index is 5.96. The van der Waals surface area contributed by atoms with Gasteiger partial charge in [0.1, 0.15) is 0 Å². The quantitative estimate of drug-likeness (QED) is 0.495. The van der Waals surface area contributed by atoms with Gasteiger partial charge in [0.25, 0.3) is 0 Å². The standard InChI is InChI=1S/C13H15N2P/c1-15(14)16(12-8-4-2-5-9-12)13-10-6-3-7-11-13/h2-11H,14H2,1H3. The lowest BCUT2D eigenvalue weighted by molar-refractivity contribution is 0.598. The highest BCUT2D eigenvalue weighted by molar-refractivity contribution is 7.70. The maximum Gasteiger partial charge on any atom is 0.0425 e. The molecule has 0 heterocycles. The van der Waals surface area contributed by atoms with Crippen LogP contribution in [0.3, 0.4) is 0 Å². The largest absolute Gasteiger partial charge is 0.265 e. The van der Waals surface area contributed by atoms with Crippen molar-refractivity contribution in [1.29, 1.82) is 0 Å². The van der Waals surface area contributed by atoms with Crippen LogP contribution >= 0.6 is 8.07 Å². The van der Waals surface area contributed by atoms with Gasteiger partial charge in [-0.25, -0.2) is 4.78 Å². The van der Waals surface area contributed by atoms with E-state index in [1.54, 1.807) is 4.78 Å². The second-order valence-electron chi connectivity index (χ2n) is 3.56. The van der Waals surface area contributed by atoms with Gasteiger partial charge in [-0.15, -0.1) is 0 Å². The van der Waals surface area contributed by atoms with Crippen LogP contribution < -0.4 is 16.5 Å². The summed E-state index contributed by atoms with van der Waals surface area (Å²) in [5, 5.41) is 2.54. The molecule has 0 unspecified atom stereocenters. The molecule has 2 aromatic carbocycles. The van der Waals surface area contributed by atoms with Gasteiger partial charge in [-0.3, -0.25) is 5.84 Å². The van der Waals surface area contributed by atoms with Crippen molar-refractivity contribution in [1.82, 2.24) is 4.78 Å². The van der Waals surface area contributed by atoms with E-state index in [0.717, 1.165) is 0 Å². The third-order valence-electron chi connectivity index (χ3n) is 2.32. The first-order chi connectivity index (χ1) is 7.79. The Hall–Kier alpha value is -1.21. The number of rotatable bonds is 3. The molecule has 82 valence electrons. The van der Waals surface area contributed by atoms with Crippen LogP contribution in [0.25, 0.3) is 0 Å². The minimum atomic E-state index is -0.599. The van der Waals surface area contributed by atoms with E-state index < -0.39 is 8.07 Å². The molecule has 0 spiro atoms. The average Bonchev–Trinajstić information content (AvgIpc) is 2.31. The summed E-state index contributed by atoms with van der Waals surface area (Å²) < 4.78 is 1.81. The predicted molar refractivity (Wildman–Crippen MR) is 71.0 cm³/mol. The number of benzene rings is 2. The SMILES string of the molecule is CN(N)P(c1ccccc1)c1ccccc1. The van der Waals surface area contributed by atoms with E-state index in [1.165, 1.54) is 10.6 Å². The Labute approximate surface area is 97.5 Å². The van der Waals surface area contributed by atoms with Crippen molar-refractivity contribution in [3.63, 3.8) is 0 Å². The van der Waals surface area contributed by atoms with Gasteiger partial charge >= 0.3 is 0 Å². The molecule has 0 radical (unpaired) electrons. The van der Waals surface area contributed by atoms with Crippen LogP contribution in [0.1, 0.15) is 0 Å². The summed E-state index contributed by atoms with van der Waals surface area (Å²) in [6.07, 6.45) is 0. The summed E-state index contributed by atoms with van der Waals surface area (Å²) >= 11 is 0. The first kappa shape index (κ1) is 11.3. The van der Waals surface area contributed by atoms with Crippen molar-refractivity contribution in [2.24, 2.45) is 5.84 Å². The van der Waals surface area contributed by atoms with Crippen LogP contribution in [-0.2, 0) is 0 Å². The summed E-state index contributed by atoms with van der Waals surface area (Å²) in [5.74, 6) is 5.96. The van der Waals surface area contributed by atoms with Crippen LogP contribution in [0.15, 0.2) is 60.7 Å². The molecule has 2 nitrogen and oxygen atoms in total. The molecule has 16 heavy (non-hydrogen) atoms. The Bertz CT molecular complexity index is 389. The predicted octanol–water partition coefficient (Wildman–Crippen LogP) is 1.84. The molecule has 0 amide bonds. The zero-order valence-corrected chi connectivity index (χ0v) is 10.1. The molecular weight excluding hydrogens is 215 g/mol. The van der Waals surface area contributed by atoms with Gasteiger partial charge in [0.05, 0.1) is 0 Å². The molecular formula is C13H15N2P. The van der Waals surface area contributed by atoms with Crippen LogP contribution in [0.2, 0.25) is 0 Å². The highest BCUT2D eigenvalue weighted by Gasteiger charge is 2.15. The number of hydrazine groups is 1. The lowest BCUT2D eigenvalue weighted by Crippen LogP contribution is -2.30. The zero-order valence-electron chi connectivity index (χ0n) is 9.25. The van der Waals surface area contributed by atoms with Gasteiger partial charge in [-0.1, -0.05) is 60.7 Å². The molecule has 3 heteroatoms. The Morgan fingerprint density at radius 2 is 1.19 bits per heavy atom. The lowest BCUT2D eigenvalue weighted by Gasteiger charge is -2.24. The van der Waals surface area contributed by atoms with Gasteiger partial charge in [-0.2, -0.15) is 0 Å². The van der Waals surface area contributed by atoms with Gasteiger partial charge in [-0.05, 0) is 10.6 Å². The van der Waals surface area contributed by atoms with E-state index in [4.69, 9.17) is 5.84 Å². The summed E-state index contributed by atoms with van der Waals surface area (Å²) in [7, 11) is 1.32. The Balaban J connectivity index is 2.40. The Morgan fingerprint density at radius 1 is 0.812 bits per heavy atom. The molecule has 0 saturated heterocycles. The number of hydrogen-bond donors (Lipinski definition) is 1. The minimum Gasteiger partial charge on any atom is -0.265 e. The second kappa shape index (κ2) is 5.22. The van der Waals surface area contributed by atoms with Crippen LogP contribution in [0, 0.1) is 0 Å². The van der Waals surface area contributed by atoms with Crippen molar-refractivity contribution in [3.05, 3.63) is 60.7 Å². The Morgan fingerprint density at radius 3 is 1.50 bits per heavy atom. The van der Waals surface area contributed by atoms with E-state index in [2.05, 4.69) is 48.5 Å². The number of nitrogens with zero attached hydrogens (tertiary/aromatic N) is 1. The molecule has 0 aliphatic rings. The van der Waals surface area contributed by atoms with Gasteiger partial charge in [0.15, 0.2) is 0 Å². The van der Waals surface area contributed by atoms with Gasteiger partial charge < -0.3 is 0 Å². The smallest absolute Gasteiger partial charge is 0.0425 e. The fourth-order valence-electron chi connectivity index (χ4n) is 1.65. The molecule has 0 aliphatic heterocycles. The Kier molecular flexibility index (Phi) is 3.68. The zero-order chi connectivity index (χ0) is 11.4. The molecule has 0 bridgehead atoms. The van der Waals surface area contributed by atoms with Crippen molar-refractivity contribution in [2.75, 3.05) is 7.05 Å². The minimum absolute atomic E-state index is 0.599. The maximum absolute atomic E-state index is 5.96. The molecule has 2 N–H and O–H groups in total. The molecule has 0 aliphatic carbocycles. The molecule has 0 fully saturated rings. The molecule has 0 saturated carbocycles. The molecule has 2 aromatic rings. The monoisotopic (exact) mass is 230 g/mol. The van der Waals surface area contributed by atoms with Crippen LogP contribution in [-0.4, -0.2) is 11.8 Å². The third-order valence-corrected chi connectivity index (χ3v) is 4.52. The van der Waals surface area contributed by atoms with Crippen LogP contribution in [0.5, 0.6) is 0 Å². The fraction of sp³-hybridized carbons (Fsp3) is 0.0769. The average molecular weight is 230 g/mol. The van der Waals surface area contributed by atoms with Crippen molar-refractivity contribution >= 4 is 18.7 Å². The second-order valence-corrected chi connectivity index (χ2v) is 5.84. The summed E-state index contributed by atoms with van der Waals surface area (Å²) in [4.78, 5) is 0. The topological polar surface area (TPSA) is 29.3 Å². The van der Waals surface area contributed by atoms with E-state index in [-0.39, 0.29) is 0 Å². The fourth-order valence-corrected chi connectivity index (χ4v) is 3.59. The summed E-state index contributed by atoms with van der Waals surface area (Å²) in [5.41, 5.74) is 0. The highest BCUT2D eigenvalue weighted by atomic mass is 31.1. The molecule has 0 aromatic heterocycles. The van der Waals surface area contributed by atoms with Gasteiger partial charge in [0.2, 0.25) is 0 Å². The summed E-state index contributed by atoms with van der Waals surface area (Å²) in [6, 6.07) is 20.8. The third kappa shape index (κ3) is 2.48. The normalized spacial score (nSPS) is 11.0. The molecule has 0 atom stereocenters. The van der Waals surface area contributed by atoms with E-state index >= 15 is 0 Å². The highest BCUT2D eigenvalue weighted by Crippen LogP contribution is 2.33.